The molecule has 0 atom stereocenters. The number of nitrogens with zero attached hydrogens (tertiary/aromatic N) is 2. The van der Waals surface area contributed by atoms with E-state index in [1.165, 1.54) is 33.2 Å². The predicted molar refractivity (Wildman–Crippen MR) is 123 cm³/mol. The van der Waals surface area contributed by atoms with Gasteiger partial charge in [-0.05, 0) is 65.8 Å². The van der Waals surface area contributed by atoms with Crippen molar-refractivity contribution in [1.29, 1.82) is 0 Å². The second-order valence-corrected chi connectivity index (χ2v) is 9.54. The number of fused-ring (bicyclic) bond motifs is 3. The number of aromatic nitrogens is 1. The molecule has 2 heteroatoms. The third-order valence-electron chi connectivity index (χ3n) is 5.29. The van der Waals surface area contributed by atoms with Gasteiger partial charge in [0.1, 0.15) is 0 Å². The highest BCUT2D eigenvalue weighted by Gasteiger charge is 2.33. The SMILES string of the molecule is CC(C)(C)N(c1ccccc1-n1c2ccccc2c2ccccc21)C(C)(C)C. The van der Waals surface area contributed by atoms with E-state index in [-0.39, 0.29) is 11.1 Å². The van der Waals surface area contributed by atoms with Gasteiger partial charge in [0.25, 0.3) is 0 Å². The summed E-state index contributed by atoms with van der Waals surface area (Å²) in [6, 6.07) is 26.2. The maximum Gasteiger partial charge on any atom is 0.0696 e. The van der Waals surface area contributed by atoms with Gasteiger partial charge >= 0.3 is 0 Å². The second-order valence-electron chi connectivity index (χ2n) is 9.54. The van der Waals surface area contributed by atoms with Crippen LogP contribution in [0, 0.1) is 0 Å². The fourth-order valence-corrected chi connectivity index (χ4v) is 4.75. The zero-order valence-electron chi connectivity index (χ0n) is 17.8. The molecule has 4 rings (SSSR count). The summed E-state index contributed by atoms with van der Waals surface area (Å²) < 4.78 is 2.42. The molecule has 144 valence electrons. The highest BCUT2D eigenvalue weighted by molar-refractivity contribution is 6.09. The average molecular weight is 371 g/mol. The Hall–Kier alpha value is -2.74. The van der Waals surface area contributed by atoms with Crippen LogP contribution in [0.15, 0.2) is 72.8 Å². The lowest BCUT2D eigenvalue weighted by molar-refractivity contribution is 0.380. The van der Waals surface area contributed by atoms with E-state index in [1.54, 1.807) is 0 Å². The van der Waals surface area contributed by atoms with Crippen molar-refractivity contribution in [2.24, 2.45) is 0 Å². The van der Waals surface area contributed by atoms with Crippen LogP contribution in [0.1, 0.15) is 41.5 Å². The summed E-state index contributed by atoms with van der Waals surface area (Å²) >= 11 is 0. The van der Waals surface area contributed by atoms with Crippen molar-refractivity contribution in [2.45, 2.75) is 52.6 Å². The molecule has 0 unspecified atom stereocenters. The van der Waals surface area contributed by atoms with Crippen LogP contribution in [0.25, 0.3) is 27.5 Å². The van der Waals surface area contributed by atoms with Gasteiger partial charge in [0, 0.05) is 21.9 Å². The van der Waals surface area contributed by atoms with Crippen LogP contribution in [-0.2, 0) is 0 Å². The van der Waals surface area contributed by atoms with Crippen molar-refractivity contribution in [3.63, 3.8) is 0 Å². The number of anilines is 1. The molecule has 2 nitrogen and oxygen atoms in total. The maximum absolute atomic E-state index is 2.54. The highest BCUT2D eigenvalue weighted by Crippen LogP contribution is 2.39. The molecule has 28 heavy (non-hydrogen) atoms. The molecule has 0 fully saturated rings. The lowest BCUT2D eigenvalue weighted by Gasteiger charge is -2.48. The predicted octanol–water partition coefficient (Wildman–Crippen LogP) is 7.19. The molecular formula is C26H30N2. The number of hydrogen-bond acceptors (Lipinski definition) is 1. The minimum Gasteiger partial charge on any atom is -0.360 e. The molecule has 0 aliphatic rings. The minimum atomic E-state index is -0.00683. The lowest BCUT2D eigenvalue weighted by atomic mass is 9.94. The molecule has 0 N–H and O–H groups in total. The van der Waals surface area contributed by atoms with E-state index < -0.39 is 0 Å². The van der Waals surface area contributed by atoms with Crippen molar-refractivity contribution in [2.75, 3.05) is 4.90 Å². The first kappa shape index (κ1) is 18.6. The average Bonchev–Trinajstić information content (AvgIpc) is 2.94. The van der Waals surface area contributed by atoms with E-state index in [2.05, 4.69) is 124 Å². The Morgan fingerprint density at radius 3 is 1.50 bits per heavy atom. The summed E-state index contributed by atoms with van der Waals surface area (Å²) in [5.41, 5.74) is 4.97. The lowest BCUT2D eigenvalue weighted by Crippen LogP contribution is -2.53. The van der Waals surface area contributed by atoms with E-state index >= 15 is 0 Å². The van der Waals surface area contributed by atoms with Crippen molar-refractivity contribution >= 4 is 27.5 Å². The molecule has 0 amide bonds. The van der Waals surface area contributed by atoms with Crippen molar-refractivity contribution in [3.8, 4) is 5.69 Å². The standard InChI is InChI=1S/C26H30N2/c1-25(2,3)28(26(4,5)6)24-18-12-11-17-23(24)27-21-15-9-7-13-19(21)20-14-8-10-16-22(20)27/h7-18H,1-6H3. The van der Waals surface area contributed by atoms with Gasteiger partial charge in [-0.1, -0.05) is 48.5 Å². The zero-order chi connectivity index (χ0) is 20.1. The largest absolute Gasteiger partial charge is 0.360 e. The van der Waals surface area contributed by atoms with E-state index in [9.17, 15) is 0 Å². The first-order valence-electron chi connectivity index (χ1n) is 10.1. The number of benzene rings is 3. The fraction of sp³-hybridized carbons (Fsp3) is 0.308. The molecule has 3 aromatic carbocycles. The summed E-state index contributed by atoms with van der Waals surface area (Å²) in [7, 11) is 0. The first-order chi connectivity index (χ1) is 13.2. The van der Waals surface area contributed by atoms with E-state index in [1.807, 2.05) is 0 Å². The molecule has 1 heterocycles. The van der Waals surface area contributed by atoms with E-state index in [0.717, 1.165) is 0 Å². The maximum atomic E-state index is 2.54. The van der Waals surface area contributed by atoms with Crippen LogP contribution in [0.5, 0.6) is 0 Å². The summed E-state index contributed by atoms with van der Waals surface area (Å²) in [5, 5.41) is 2.59. The normalized spacial score (nSPS) is 12.6. The molecule has 0 aliphatic carbocycles. The number of hydrogen-bond donors (Lipinski definition) is 0. The molecule has 4 aromatic rings. The molecule has 0 saturated carbocycles. The third kappa shape index (κ3) is 2.97. The molecule has 0 radical (unpaired) electrons. The molecule has 0 bridgehead atoms. The Bertz CT molecular complexity index is 1070. The van der Waals surface area contributed by atoms with Crippen LogP contribution in [-0.4, -0.2) is 15.6 Å². The minimum absolute atomic E-state index is 0.00683. The zero-order valence-corrected chi connectivity index (χ0v) is 17.8. The molecule has 0 spiro atoms. The number of para-hydroxylation sites is 4. The highest BCUT2D eigenvalue weighted by atomic mass is 15.3. The van der Waals surface area contributed by atoms with Gasteiger partial charge in [-0.2, -0.15) is 0 Å². The quantitative estimate of drug-likeness (QED) is 0.362. The molecule has 0 aliphatic heterocycles. The van der Waals surface area contributed by atoms with E-state index in [4.69, 9.17) is 0 Å². The van der Waals surface area contributed by atoms with Gasteiger partial charge in [0.15, 0.2) is 0 Å². The van der Waals surface area contributed by atoms with Crippen molar-refractivity contribution in [1.82, 2.24) is 4.57 Å². The Balaban J connectivity index is 2.10. The second kappa shape index (κ2) is 6.41. The van der Waals surface area contributed by atoms with Gasteiger partial charge in [0.05, 0.1) is 22.4 Å². The van der Waals surface area contributed by atoms with Crippen LogP contribution in [0.3, 0.4) is 0 Å². The van der Waals surface area contributed by atoms with Crippen molar-refractivity contribution in [3.05, 3.63) is 72.8 Å². The monoisotopic (exact) mass is 370 g/mol. The summed E-state index contributed by atoms with van der Waals surface area (Å²) in [6.45, 7) is 13.8. The molecule has 0 saturated heterocycles. The van der Waals surface area contributed by atoms with Gasteiger partial charge in [-0.3, -0.25) is 0 Å². The third-order valence-corrected chi connectivity index (χ3v) is 5.29. The van der Waals surface area contributed by atoms with Crippen LogP contribution in [0.2, 0.25) is 0 Å². The van der Waals surface area contributed by atoms with Gasteiger partial charge in [-0.25, -0.2) is 0 Å². The van der Waals surface area contributed by atoms with Gasteiger partial charge in [0.2, 0.25) is 0 Å². The fourth-order valence-electron chi connectivity index (χ4n) is 4.75. The Morgan fingerprint density at radius 1 is 0.571 bits per heavy atom. The first-order valence-corrected chi connectivity index (χ1v) is 10.1. The van der Waals surface area contributed by atoms with Gasteiger partial charge in [-0.15, -0.1) is 0 Å². The van der Waals surface area contributed by atoms with Crippen molar-refractivity contribution < 1.29 is 0 Å². The van der Waals surface area contributed by atoms with Crippen LogP contribution < -0.4 is 4.90 Å². The Kier molecular flexibility index (Phi) is 4.26. The molecular weight excluding hydrogens is 340 g/mol. The van der Waals surface area contributed by atoms with Gasteiger partial charge < -0.3 is 9.47 Å². The van der Waals surface area contributed by atoms with Crippen LogP contribution in [0.4, 0.5) is 5.69 Å². The molecule has 1 aromatic heterocycles. The Labute approximate surface area is 168 Å². The topological polar surface area (TPSA) is 8.17 Å². The van der Waals surface area contributed by atoms with Crippen LogP contribution >= 0.6 is 0 Å². The Morgan fingerprint density at radius 2 is 1.00 bits per heavy atom. The smallest absolute Gasteiger partial charge is 0.0696 e. The summed E-state index contributed by atoms with van der Waals surface area (Å²) in [4.78, 5) is 2.54. The van der Waals surface area contributed by atoms with E-state index in [0.29, 0.717) is 0 Å². The summed E-state index contributed by atoms with van der Waals surface area (Å²) in [5.74, 6) is 0. The number of rotatable bonds is 2. The summed E-state index contributed by atoms with van der Waals surface area (Å²) in [6.07, 6.45) is 0.